The van der Waals surface area contributed by atoms with E-state index in [1.807, 2.05) is 51.1 Å². The maximum absolute atomic E-state index is 12.6. The highest BCUT2D eigenvalue weighted by Gasteiger charge is 2.13. The number of nitrogens with zero attached hydrogens (tertiary/aromatic N) is 2. The van der Waals surface area contributed by atoms with Crippen LogP contribution in [0.15, 0.2) is 47.3 Å². The summed E-state index contributed by atoms with van der Waals surface area (Å²) in [6, 6.07) is 13.4. The SMILES string of the molecule is Cc1cc(C)cc(C(O)Cn2nc(C)c3ccccc3c2=O)c1. The molecule has 4 heteroatoms. The van der Waals surface area contributed by atoms with Crippen LogP contribution >= 0.6 is 0 Å². The highest BCUT2D eigenvalue weighted by molar-refractivity contribution is 5.83. The molecule has 0 radical (unpaired) electrons. The van der Waals surface area contributed by atoms with Gasteiger partial charge in [0.25, 0.3) is 5.56 Å². The summed E-state index contributed by atoms with van der Waals surface area (Å²) in [5.41, 5.74) is 3.60. The Morgan fingerprint density at radius 2 is 1.65 bits per heavy atom. The second-order valence-electron chi connectivity index (χ2n) is 6.06. The maximum Gasteiger partial charge on any atom is 0.274 e. The van der Waals surface area contributed by atoms with Gasteiger partial charge in [-0.3, -0.25) is 4.79 Å². The third-order valence-electron chi connectivity index (χ3n) is 4.03. The van der Waals surface area contributed by atoms with Crippen molar-refractivity contribution in [2.45, 2.75) is 33.4 Å². The lowest BCUT2D eigenvalue weighted by Crippen LogP contribution is -2.27. The second-order valence-corrected chi connectivity index (χ2v) is 6.06. The highest BCUT2D eigenvalue weighted by Crippen LogP contribution is 2.19. The summed E-state index contributed by atoms with van der Waals surface area (Å²) in [5.74, 6) is 0. The molecule has 0 saturated heterocycles. The van der Waals surface area contributed by atoms with Crippen LogP contribution < -0.4 is 5.56 Å². The minimum Gasteiger partial charge on any atom is -0.386 e. The van der Waals surface area contributed by atoms with Gasteiger partial charge in [0.15, 0.2) is 0 Å². The molecular weight excluding hydrogens is 288 g/mol. The number of aromatic nitrogens is 2. The number of aliphatic hydroxyl groups excluding tert-OH is 1. The molecule has 1 N–H and O–H groups in total. The van der Waals surface area contributed by atoms with Crippen molar-refractivity contribution in [1.29, 1.82) is 0 Å². The average molecular weight is 308 g/mol. The quantitative estimate of drug-likeness (QED) is 0.809. The van der Waals surface area contributed by atoms with Crippen molar-refractivity contribution in [3.8, 4) is 0 Å². The third kappa shape index (κ3) is 3.03. The number of hydrogen-bond acceptors (Lipinski definition) is 3. The van der Waals surface area contributed by atoms with Gasteiger partial charge in [-0.1, -0.05) is 47.5 Å². The highest BCUT2D eigenvalue weighted by atomic mass is 16.3. The monoisotopic (exact) mass is 308 g/mol. The van der Waals surface area contributed by atoms with Crippen molar-refractivity contribution in [2.24, 2.45) is 0 Å². The number of fused-ring (bicyclic) bond motifs is 1. The first-order valence-corrected chi connectivity index (χ1v) is 7.68. The summed E-state index contributed by atoms with van der Waals surface area (Å²) < 4.78 is 1.36. The molecule has 0 aliphatic rings. The Morgan fingerprint density at radius 1 is 1.04 bits per heavy atom. The second kappa shape index (κ2) is 5.97. The van der Waals surface area contributed by atoms with Crippen LogP contribution in [0.3, 0.4) is 0 Å². The molecule has 0 fully saturated rings. The molecule has 1 atom stereocenters. The predicted octanol–water partition coefficient (Wildman–Crippen LogP) is 3.06. The van der Waals surface area contributed by atoms with Crippen LogP contribution in [0.5, 0.6) is 0 Å². The molecule has 1 aromatic heterocycles. The van der Waals surface area contributed by atoms with E-state index in [4.69, 9.17) is 0 Å². The Balaban J connectivity index is 2.01. The Labute approximate surface area is 135 Å². The van der Waals surface area contributed by atoms with Gasteiger partial charge in [0.05, 0.1) is 23.7 Å². The minimum atomic E-state index is -0.764. The molecule has 3 aromatic rings. The van der Waals surface area contributed by atoms with Gasteiger partial charge in [0, 0.05) is 5.39 Å². The Kier molecular flexibility index (Phi) is 4.01. The number of aliphatic hydroxyl groups is 1. The normalized spacial score (nSPS) is 12.5. The topological polar surface area (TPSA) is 55.1 Å². The standard InChI is InChI=1S/C19H20N2O2/c1-12-8-13(2)10-15(9-12)18(22)11-21-19(23)17-7-5-4-6-16(17)14(3)20-21/h4-10,18,22H,11H2,1-3H3. The first kappa shape index (κ1) is 15.4. The summed E-state index contributed by atoms with van der Waals surface area (Å²) in [6.07, 6.45) is -0.764. The van der Waals surface area contributed by atoms with Crippen molar-refractivity contribution in [2.75, 3.05) is 0 Å². The fourth-order valence-electron chi connectivity index (χ4n) is 3.00. The fourth-order valence-corrected chi connectivity index (χ4v) is 3.00. The van der Waals surface area contributed by atoms with Gasteiger partial charge in [0.1, 0.15) is 0 Å². The summed E-state index contributed by atoms with van der Waals surface area (Å²) in [7, 11) is 0. The zero-order valence-corrected chi connectivity index (χ0v) is 13.6. The molecule has 0 aliphatic heterocycles. The van der Waals surface area contributed by atoms with Crippen LogP contribution in [0.4, 0.5) is 0 Å². The lowest BCUT2D eigenvalue weighted by Gasteiger charge is -2.15. The van der Waals surface area contributed by atoms with Gasteiger partial charge in [0.2, 0.25) is 0 Å². The lowest BCUT2D eigenvalue weighted by atomic mass is 10.0. The van der Waals surface area contributed by atoms with E-state index in [9.17, 15) is 9.90 Å². The number of hydrogen-bond donors (Lipinski definition) is 1. The van der Waals surface area contributed by atoms with Gasteiger partial charge in [-0.05, 0) is 32.4 Å². The van der Waals surface area contributed by atoms with E-state index in [0.29, 0.717) is 5.39 Å². The first-order valence-electron chi connectivity index (χ1n) is 7.68. The molecule has 0 spiro atoms. The van der Waals surface area contributed by atoms with Crippen LogP contribution in [0.25, 0.3) is 10.8 Å². The largest absolute Gasteiger partial charge is 0.386 e. The zero-order valence-electron chi connectivity index (χ0n) is 13.6. The van der Waals surface area contributed by atoms with Crippen molar-refractivity contribution in [3.05, 3.63) is 75.2 Å². The van der Waals surface area contributed by atoms with E-state index in [1.54, 1.807) is 6.07 Å². The van der Waals surface area contributed by atoms with Gasteiger partial charge >= 0.3 is 0 Å². The predicted molar refractivity (Wildman–Crippen MR) is 91.6 cm³/mol. The van der Waals surface area contributed by atoms with Crippen molar-refractivity contribution >= 4 is 10.8 Å². The third-order valence-corrected chi connectivity index (χ3v) is 4.03. The van der Waals surface area contributed by atoms with Crippen LogP contribution in [0.2, 0.25) is 0 Å². The minimum absolute atomic E-state index is 0.146. The molecule has 0 bridgehead atoms. The molecule has 1 unspecified atom stereocenters. The van der Waals surface area contributed by atoms with E-state index in [0.717, 1.165) is 27.8 Å². The summed E-state index contributed by atoms with van der Waals surface area (Å²) in [6.45, 7) is 6.01. The molecule has 0 amide bonds. The molecule has 118 valence electrons. The van der Waals surface area contributed by atoms with Gasteiger partial charge in [-0.25, -0.2) is 4.68 Å². The van der Waals surface area contributed by atoms with Gasteiger partial charge in [-0.2, -0.15) is 5.10 Å². The summed E-state index contributed by atoms with van der Waals surface area (Å²) in [4.78, 5) is 12.6. The van der Waals surface area contributed by atoms with Gasteiger partial charge in [-0.15, -0.1) is 0 Å². The van der Waals surface area contributed by atoms with E-state index in [2.05, 4.69) is 11.2 Å². The Morgan fingerprint density at radius 3 is 2.30 bits per heavy atom. The van der Waals surface area contributed by atoms with E-state index < -0.39 is 6.10 Å². The number of benzene rings is 2. The van der Waals surface area contributed by atoms with Crippen molar-refractivity contribution in [3.63, 3.8) is 0 Å². The van der Waals surface area contributed by atoms with Crippen LogP contribution in [0, 0.1) is 20.8 Å². The first-order chi connectivity index (χ1) is 11.0. The summed E-state index contributed by atoms with van der Waals surface area (Å²) in [5, 5.41) is 16.4. The van der Waals surface area contributed by atoms with E-state index in [1.165, 1.54) is 4.68 Å². The number of aryl methyl sites for hydroxylation is 3. The van der Waals surface area contributed by atoms with Gasteiger partial charge < -0.3 is 5.11 Å². The molecular formula is C19H20N2O2. The zero-order chi connectivity index (χ0) is 16.6. The number of rotatable bonds is 3. The lowest BCUT2D eigenvalue weighted by molar-refractivity contribution is 0.149. The smallest absolute Gasteiger partial charge is 0.274 e. The summed E-state index contributed by atoms with van der Waals surface area (Å²) >= 11 is 0. The molecule has 23 heavy (non-hydrogen) atoms. The van der Waals surface area contributed by atoms with Crippen molar-refractivity contribution in [1.82, 2.24) is 9.78 Å². The Bertz CT molecular complexity index is 908. The van der Waals surface area contributed by atoms with E-state index in [-0.39, 0.29) is 12.1 Å². The van der Waals surface area contributed by atoms with Crippen LogP contribution in [-0.2, 0) is 6.54 Å². The average Bonchev–Trinajstić information content (AvgIpc) is 2.51. The molecule has 2 aromatic carbocycles. The molecule has 0 aliphatic carbocycles. The molecule has 1 heterocycles. The molecule has 4 nitrogen and oxygen atoms in total. The van der Waals surface area contributed by atoms with Crippen LogP contribution in [-0.4, -0.2) is 14.9 Å². The van der Waals surface area contributed by atoms with E-state index >= 15 is 0 Å². The van der Waals surface area contributed by atoms with Crippen LogP contribution in [0.1, 0.15) is 28.5 Å². The Hall–Kier alpha value is -2.46. The maximum atomic E-state index is 12.6. The molecule has 3 rings (SSSR count). The molecule has 0 saturated carbocycles. The fraction of sp³-hybridized carbons (Fsp3) is 0.263. The van der Waals surface area contributed by atoms with Crippen molar-refractivity contribution < 1.29 is 5.11 Å².